The number of hydrogen-bond acceptors (Lipinski definition) is 4. The number of anilines is 1. The molecule has 8 nitrogen and oxygen atoms in total. The molecular weight excluding hydrogens is 421 g/mol. The highest BCUT2D eigenvalue weighted by Crippen LogP contribution is 2.22. The van der Waals surface area contributed by atoms with Crippen molar-refractivity contribution in [2.75, 3.05) is 5.32 Å². The summed E-state index contributed by atoms with van der Waals surface area (Å²) in [6.07, 6.45) is 2.96. The van der Waals surface area contributed by atoms with Crippen molar-refractivity contribution in [3.63, 3.8) is 0 Å². The first kappa shape index (κ1) is 18.8. The van der Waals surface area contributed by atoms with Gasteiger partial charge < -0.3 is 10.4 Å². The van der Waals surface area contributed by atoms with E-state index in [0.29, 0.717) is 10.0 Å². The Morgan fingerprint density at radius 3 is 2.78 bits per heavy atom. The maximum Gasteiger partial charge on any atom is 0.328 e. The molecule has 140 valence electrons. The summed E-state index contributed by atoms with van der Waals surface area (Å²) in [5.74, 6) is -1.78. The molecule has 0 aliphatic rings. The monoisotopic (exact) mass is 435 g/mol. The summed E-state index contributed by atoms with van der Waals surface area (Å²) < 4.78 is 16.9. The summed E-state index contributed by atoms with van der Waals surface area (Å²) in [6, 6.07) is 6.76. The SMILES string of the molecule is CC(C(=O)O)n1nccc1C(=O)Nc1nn(Cc2ccccc2F)cc1Br. The van der Waals surface area contributed by atoms with E-state index in [1.54, 1.807) is 24.4 Å². The Hall–Kier alpha value is -3.01. The average Bonchev–Trinajstić information content (AvgIpc) is 3.23. The summed E-state index contributed by atoms with van der Waals surface area (Å²) in [4.78, 5) is 23.6. The lowest BCUT2D eigenvalue weighted by Gasteiger charge is -2.11. The first-order valence-corrected chi connectivity index (χ1v) is 8.70. The lowest BCUT2D eigenvalue weighted by molar-refractivity contribution is -0.140. The first-order chi connectivity index (χ1) is 12.9. The molecule has 1 atom stereocenters. The van der Waals surface area contributed by atoms with Gasteiger partial charge >= 0.3 is 5.97 Å². The normalized spacial score (nSPS) is 12.0. The third kappa shape index (κ3) is 4.05. The van der Waals surface area contributed by atoms with Gasteiger partial charge in [0, 0.05) is 18.0 Å². The van der Waals surface area contributed by atoms with E-state index in [1.165, 1.54) is 29.9 Å². The highest BCUT2D eigenvalue weighted by atomic mass is 79.9. The van der Waals surface area contributed by atoms with E-state index in [1.807, 2.05) is 0 Å². The van der Waals surface area contributed by atoms with Crippen LogP contribution in [0.5, 0.6) is 0 Å². The number of carboxylic acids is 1. The number of halogens is 2. The Bertz CT molecular complexity index is 1000. The number of rotatable bonds is 6. The molecular formula is C17H15BrFN5O3. The van der Waals surface area contributed by atoms with Crippen molar-refractivity contribution in [2.24, 2.45) is 0 Å². The van der Waals surface area contributed by atoms with E-state index in [2.05, 4.69) is 31.4 Å². The number of carboxylic acid groups (broad SMARTS) is 1. The number of benzene rings is 1. The third-order valence-electron chi connectivity index (χ3n) is 3.87. The van der Waals surface area contributed by atoms with Crippen LogP contribution in [0.3, 0.4) is 0 Å². The van der Waals surface area contributed by atoms with Gasteiger partial charge in [-0.2, -0.15) is 10.2 Å². The molecule has 3 rings (SSSR count). The van der Waals surface area contributed by atoms with Crippen LogP contribution in [0, 0.1) is 5.82 Å². The van der Waals surface area contributed by atoms with Crippen LogP contribution in [0.15, 0.2) is 47.2 Å². The molecule has 1 aromatic carbocycles. The minimum absolute atomic E-state index is 0.0838. The van der Waals surface area contributed by atoms with Crippen LogP contribution in [0.4, 0.5) is 10.2 Å². The van der Waals surface area contributed by atoms with Crippen LogP contribution in [-0.4, -0.2) is 36.5 Å². The van der Waals surface area contributed by atoms with E-state index < -0.39 is 17.9 Å². The van der Waals surface area contributed by atoms with Crippen LogP contribution in [0.25, 0.3) is 0 Å². The van der Waals surface area contributed by atoms with Crippen molar-refractivity contribution < 1.29 is 19.1 Å². The largest absolute Gasteiger partial charge is 0.480 e. The summed E-state index contributed by atoms with van der Waals surface area (Å²) >= 11 is 3.30. The molecule has 2 heterocycles. The molecule has 0 saturated heterocycles. The van der Waals surface area contributed by atoms with Gasteiger partial charge in [0.25, 0.3) is 5.91 Å². The Morgan fingerprint density at radius 2 is 2.07 bits per heavy atom. The lowest BCUT2D eigenvalue weighted by Crippen LogP contribution is -2.24. The second-order valence-corrected chi connectivity index (χ2v) is 6.60. The summed E-state index contributed by atoms with van der Waals surface area (Å²) in [5.41, 5.74) is 0.541. The fourth-order valence-electron chi connectivity index (χ4n) is 2.44. The van der Waals surface area contributed by atoms with Gasteiger partial charge in [0.15, 0.2) is 5.82 Å². The molecule has 3 aromatic rings. The number of carbonyl (C=O) groups excluding carboxylic acids is 1. The zero-order valence-electron chi connectivity index (χ0n) is 14.1. The summed E-state index contributed by atoms with van der Waals surface area (Å²) in [7, 11) is 0. The van der Waals surface area contributed by atoms with E-state index in [4.69, 9.17) is 5.11 Å². The maximum atomic E-state index is 13.8. The van der Waals surface area contributed by atoms with Crippen LogP contribution < -0.4 is 5.32 Å². The standard InChI is InChI=1S/C17H15BrFN5O3/c1-10(17(26)27)24-14(6-7-20-24)16(25)21-15-12(18)9-23(22-15)8-11-4-2-3-5-13(11)19/h2-7,9-10H,8H2,1H3,(H,26,27)(H,21,22,25). The van der Waals surface area contributed by atoms with Crippen LogP contribution >= 0.6 is 15.9 Å². The predicted octanol–water partition coefficient (Wildman–Crippen LogP) is 2.93. The second-order valence-electron chi connectivity index (χ2n) is 5.74. The van der Waals surface area contributed by atoms with Crippen molar-refractivity contribution in [3.8, 4) is 0 Å². The molecule has 0 spiro atoms. The zero-order valence-corrected chi connectivity index (χ0v) is 15.7. The Kier molecular flexibility index (Phi) is 5.36. The van der Waals surface area contributed by atoms with Gasteiger partial charge in [-0.05, 0) is 35.0 Å². The highest BCUT2D eigenvalue weighted by Gasteiger charge is 2.22. The lowest BCUT2D eigenvalue weighted by atomic mass is 10.2. The number of nitrogens with zero attached hydrogens (tertiary/aromatic N) is 4. The van der Waals surface area contributed by atoms with Crippen LogP contribution in [0.2, 0.25) is 0 Å². The highest BCUT2D eigenvalue weighted by molar-refractivity contribution is 9.10. The molecule has 0 aliphatic carbocycles. The van der Waals surface area contributed by atoms with Gasteiger partial charge in [-0.1, -0.05) is 18.2 Å². The van der Waals surface area contributed by atoms with Crippen molar-refractivity contribution >= 4 is 33.6 Å². The van der Waals surface area contributed by atoms with Crippen molar-refractivity contribution in [2.45, 2.75) is 19.5 Å². The third-order valence-corrected chi connectivity index (χ3v) is 4.45. The van der Waals surface area contributed by atoms with E-state index in [-0.39, 0.29) is 23.9 Å². The van der Waals surface area contributed by atoms with Crippen LogP contribution in [0.1, 0.15) is 29.0 Å². The van der Waals surface area contributed by atoms with E-state index in [9.17, 15) is 14.0 Å². The quantitative estimate of drug-likeness (QED) is 0.619. The topological polar surface area (TPSA) is 102 Å². The maximum absolute atomic E-state index is 13.8. The molecule has 0 saturated carbocycles. The number of nitrogens with one attached hydrogen (secondary N) is 1. The fraction of sp³-hybridized carbons (Fsp3) is 0.176. The Morgan fingerprint density at radius 1 is 1.33 bits per heavy atom. The fourth-order valence-corrected chi connectivity index (χ4v) is 2.86. The molecule has 0 aliphatic heterocycles. The summed E-state index contributed by atoms with van der Waals surface area (Å²) in [6.45, 7) is 1.61. The van der Waals surface area contributed by atoms with E-state index >= 15 is 0 Å². The van der Waals surface area contributed by atoms with E-state index in [0.717, 1.165) is 4.68 Å². The van der Waals surface area contributed by atoms with Gasteiger partial charge in [0.05, 0.1) is 11.0 Å². The minimum Gasteiger partial charge on any atom is -0.480 e. The Balaban J connectivity index is 1.78. The number of aromatic nitrogens is 4. The number of amides is 1. The average molecular weight is 436 g/mol. The molecule has 2 N–H and O–H groups in total. The molecule has 1 unspecified atom stereocenters. The van der Waals surface area contributed by atoms with Crippen LogP contribution in [-0.2, 0) is 11.3 Å². The molecule has 0 bridgehead atoms. The number of aliphatic carboxylic acids is 1. The molecule has 27 heavy (non-hydrogen) atoms. The molecule has 1 amide bonds. The minimum atomic E-state index is -1.11. The summed E-state index contributed by atoms with van der Waals surface area (Å²) in [5, 5.41) is 19.8. The molecule has 0 fully saturated rings. The van der Waals surface area contributed by atoms with Gasteiger partial charge in [0.2, 0.25) is 0 Å². The smallest absolute Gasteiger partial charge is 0.328 e. The molecule has 10 heteroatoms. The number of carbonyl (C=O) groups is 2. The molecule has 2 aromatic heterocycles. The van der Waals surface area contributed by atoms with Crippen molar-refractivity contribution in [1.82, 2.24) is 19.6 Å². The first-order valence-electron chi connectivity index (χ1n) is 7.91. The predicted molar refractivity (Wildman–Crippen MR) is 98.0 cm³/mol. The Labute approximate surface area is 161 Å². The second kappa shape index (κ2) is 7.70. The molecule has 0 radical (unpaired) electrons. The van der Waals surface area contributed by atoms with Crippen molar-refractivity contribution in [1.29, 1.82) is 0 Å². The van der Waals surface area contributed by atoms with Gasteiger partial charge in [-0.3, -0.25) is 9.48 Å². The van der Waals surface area contributed by atoms with Gasteiger partial charge in [0.1, 0.15) is 17.6 Å². The van der Waals surface area contributed by atoms with Crippen molar-refractivity contribution in [3.05, 3.63) is 64.3 Å². The van der Waals surface area contributed by atoms with Gasteiger partial charge in [-0.25, -0.2) is 13.9 Å². The van der Waals surface area contributed by atoms with Gasteiger partial charge in [-0.15, -0.1) is 0 Å². The number of hydrogen-bond donors (Lipinski definition) is 2. The zero-order chi connectivity index (χ0) is 19.6.